The minimum Gasteiger partial charge on any atom is -0.494 e. The van der Waals surface area contributed by atoms with E-state index in [-0.39, 0.29) is 33.3 Å². The summed E-state index contributed by atoms with van der Waals surface area (Å²) in [4.78, 5) is 12.4. The van der Waals surface area contributed by atoms with Crippen molar-refractivity contribution in [3.63, 3.8) is 0 Å². The molecule has 1 unspecified atom stereocenters. The van der Waals surface area contributed by atoms with E-state index in [9.17, 15) is 34.6 Å². The zero-order chi connectivity index (χ0) is 28.5. The number of amides is 1. The summed E-state index contributed by atoms with van der Waals surface area (Å²) in [6.07, 6.45) is 0. The molecule has 2 aromatic rings. The van der Waals surface area contributed by atoms with Crippen molar-refractivity contribution in [3.05, 3.63) is 42.0 Å². The molecule has 0 spiro atoms. The Labute approximate surface area is 219 Å². The van der Waals surface area contributed by atoms with Crippen LogP contribution in [0.5, 0.6) is 5.75 Å². The van der Waals surface area contributed by atoms with Gasteiger partial charge in [0.2, 0.25) is 0 Å². The maximum Gasteiger partial charge on any atom is 0.397 e. The van der Waals surface area contributed by atoms with Crippen LogP contribution in [0.15, 0.2) is 51.3 Å². The monoisotopic (exact) mass is 592 g/mol. The van der Waals surface area contributed by atoms with E-state index in [0.717, 1.165) is 11.1 Å². The van der Waals surface area contributed by atoms with Crippen molar-refractivity contribution in [2.24, 2.45) is 5.10 Å². The molecule has 38 heavy (non-hydrogen) atoms. The third-order valence-electron chi connectivity index (χ3n) is 5.24. The summed E-state index contributed by atoms with van der Waals surface area (Å²) in [6.45, 7) is 2.30. The van der Waals surface area contributed by atoms with E-state index in [0.29, 0.717) is 0 Å². The van der Waals surface area contributed by atoms with Gasteiger partial charge in [0.05, 0.1) is 46.7 Å². The second-order valence-electron chi connectivity index (χ2n) is 7.96. The Morgan fingerprint density at radius 3 is 2.39 bits per heavy atom. The summed E-state index contributed by atoms with van der Waals surface area (Å²) >= 11 is 0. The lowest BCUT2D eigenvalue weighted by Crippen LogP contribution is -2.36. The first-order valence-electron chi connectivity index (χ1n) is 10.6. The standard InChI is InChI=1S/C20H24N4O11S3/c1-12-9-16(17(34-3)11-18(12)36(26,27)8-7-35-38(31,32)33)21-22-19-13(2)23-24(20(19)25)14-5-4-6-15(10-14)37(28,29)30/h4-6,9-11,13,21,23H,7-8H2,1-3H3,(H,28,29,30)(H,31,32,33). The molecule has 0 saturated carbocycles. The van der Waals surface area contributed by atoms with Crippen LogP contribution in [0.25, 0.3) is 0 Å². The van der Waals surface area contributed by atoms with Crippen molar-refractivity contribution in [1.29, 1.82) is 0 Å². The zero-order valence-electron chi connectivity index (χ0n) is 20.1. The summed E-state index contributed by atoms with van der Waals surface area (Å²) in [7, 11) is -12.1. The Morgan fingerprint density at radius 2 is 1.79 bits per heavy atom. The van der Waals surface area contributed by atoms with Gasteiger partial charge in [-0.15, -0.1) is 0 Å². The topological polar surface area (TPSA) is 218 Å². The fraction of sp³-hybridized carbons (Fsp3) is 0.300. The maximum atomic E-state index is 13.0. The minimum atomic E-state index is -4.80. The fourth-order valence-corrected chi connectivity index (χ4v) is 5.75. The van der Waals surface area contributed by atoms with Crippen LogP contribution in [-0.2, 0) is 39.3 Å². The molecule has 1 fully saturated rings. The number of hydrazone groups is 1. The second kappa shape index (κ2) is 10.9. The van der Waals surface area contributed by atoms with Crippen molar-refractivity contribution in [2.45, 2.75) is 29.7 Å². The summed E-state index contributed by atoms with van der Waals surface area (Å²) in [5.74, 6) is -1.32. The molecule has 3 rings (SSSR count). The van der Waals surface area contributed by atoms with Crippen LogP contribution in [0, 0.1) is 6.92 Å². The summed E-state index contributed by atoms with van der Waals surface area (Å²) < 4.78 is 96.8. The fourth-order valence-electron chi connectivity index (χ4n) is 3.47. The number of rotatable bonds is 10. The van der Waals surface area contributed by atoms with Gasteiger partial charge in [-0.3, -0.25) is 19.3 Å². The highest BCUT2D eigenvalue weighted by atomic mass is 32.3. The number of nitrogens with zero attached hydrogens (tertiary/aromatic N) is 2. The van der Waals surface area contributed by atoms with Crippen LogP contribution >= 0.6 is 0 Å². The highest BCUT2D eigenvalue weighted by Crippen LogP contribution is 2.32. The number of nitrogens with one attached hydrogen (secondary N) is 2. The number of anilines is 2. The first-order chi connectivity index (χ1) is 17.5. The molecule has 0 radical (unpaired) electrons. The average molecular weight is 593 g/mol. The molecule has 0 aliphatic carbocycles. The molecule has 18 heteroatoms. The number of hydrogen-bond acceptors (Lipinski definition) is 12. The maximum absolute atomic E-state index is 13.0. The SMILES string of the molecule is COc1cc(S(=O)(=O)CCOS(=O)(=O)O)c(C)cc1NN=C1C(=O)N(c2cccc(S(=O)(=O)O)c2)NC1C. The van der Waals surface area contributed by atoms with E-state index in [1.807, 2.05) is 0 Å². The Kier molecular flexibility index (Phi) is 8.46. The third-order valence-corrected chi connectivity index (χ3v) is 8.37. The first kappa shape index (κ1) is 29.4. The Bertz CT molecular complexity index is 1600. The highest BCUT2D eigenvalue weighted by Gasteiger charge is 2.35. The van der Waals surface area contributed by atoms with Crippen LogP contribution < -0.4 is 20.6 Å². The summed E-state index contributed by atoms with van der Waals surface area (Å²) in [5, 5.41) is 5.18. The van der Waals surface area contributed by atoms with Gasteiger partial charge in [0.25, 0.3) is 16.0 Å². The van der Waals surface area contributed by atoms with E-state index >= 15 is 0 Å². The predicted molar refractivity (Wildman–Crippen MR) is 135 cm³/mol. The zero-order valence-corrected chi connectivity index (χ0v) is 22.6. The van der Waals surface area contributed by atoms with Crippen LogP contribution in [0.3, 0.4) is 0 Å². The predicted octanol–water partition coefficient (Wildman–Crippen LogP) is 0.551. The lowest BCUT2D eigenvalue weighted by atomic mass is 10.2. The van der Waals surface area contributed by atoms with Gasteiger partial charge in [0.15, 0.2) is 9.84 Å². The number of carbonyl (C=O) groups is 1. The van der Waals surface area contributed by atoms with Gasteiger partial charge in [0, 0.05) is 6.07 Å². The highest BCUT2D eigenvalue weighted by molar-refractivity contribution is 7.91. The molecule has 1 aliphatic rings. The van der Waals surface area contributed by atoms with Gasteiger partial charge >= 0.3 is 10.4 Å². The number of sulfone groups is 1. The van der Waals surface area contributed by atoms with E-state index in [1.54, 1.807) is 6.92 Å². The number of carbonyl (C=O) groups excluding carboxylic acids is 1. The largest absolute Gasteiger partial charge is 0.494 e. The van der Waals surface area contributed by atoms with Gasteiger partial charge < -0.3 is 4.74 Å². The number of ether oxygens (including phenoxy) is 1. The lowest BCUT2D eigenvalue weighted by molar-refractivity contribution is -0.112. The average Bonchev–Trinajstić information content (AvgIpc) is 3.09. The molecule has 0 bridgehead atoms. The van der Waals surface area contributed by atoms with E-state index in [4.69, 9.17) is 9.29 Å². The number of hydrazine groups is 1. The van der Waals surface area contributed by atoms with Gasteiger partial charge in [-0.05, 0) is 43.7 Å². The smallest absolute Gasteiger partial charge is 0.397 e. The third kappa shape index (κ3) is 6.84. The van der Waals surface area contributed by atoms with Crippen molar-refractivity contribution in [2.75, 3.05) is 29.9 Å². The van der Waals surface area contributed by atoms with E-state index in [2.05, 4.69) is 20.1 Å². The van der Waals surface area contributed by atoms with Crippen LogP contribution in [0.2, 0.25) is 0 Å². The molecular weight excluding hydrogens is 568 g/mol. The number of methoxy groups -OCH3 is 1. The Balaban J connectivity index is 1.85. The van der Waals surface area contributed by atoms with Crippen LogP contribution in [-0.4, -0.2) is 71.5 Å². The molecule has 4 N–H and O–H groups in total. The van der Waals surface area contributed by atoms with Crippen LogP contribution in [0.4, 0.5) is 11.4 Å². The van der Waals surface area contributed by atoms with Crippen molar-refractivity contribution < 1.29 is 48.1 Å². The number of hydrogen-bond donors (Lipinski definition) is 4. The Morgan fingerprint density at radius 1 is 1.11 bits per heavy atom. The summed E-state index contributed by atoms with van der Waals surface area (Å²) in [5.41, 5.74) is 6.09. The molecule has 1 amide bonds. The minimum absolute atomic E-state index is 0.000949. The molecule has 1 saturated heterocycles. The molecule has 1 atom stereocenters. The van der Waals surface area contributed by atoms with Crippen molar-refractivity contribution >= 4 is 53.3 Å². The Hall–Kier alpha value is -3.13. The quantitative estimate of drug-likeness (QED) is 0.219. The molecule has 2 aromatic carbocycles. The molecule has 208 valence electrons. The lowest BCUT2D eigenvalue weighted by Gasteiger charge is -2.16. The molecule has 1 aliphatic heterocycles. The molecular formula is C20H24N4O11S3. The molecule has 15 nitrogen and oxygen atoms in total. The van der Waals surface area contributed by atoms with Gasteiger partial charge in [0.1, 0.15) is 11.5 Å². The normalized spacial score (nSPS) is 17.7. The molecule has 0 aromatic heterocycles. The van der Waals surface area contributed by atoms with E-state index < -0.39 is 59.6 Å². The van der Waals surface area contributed by atoms with Crippen molar-refractivity contribution in [3.8, 4) is 5.75 Å². The second-order valence-corrected chi connectivity index (χ2v) is 12.5. The molecule has 1 heterocycles. The van der Waals surface area contributed by atoms with Gasteiger partial charge in [-0.2, -0.15) is 21.9 Å². The van der Waals surface area contributed by atoms with Crippen molar-refractivity contribution in [1.82, 2.24) is 5.43 Å². The van der Waals surface area contributed by atoms with Crippen LogP contribution in [0.1, 0.15) is 12.5 Å². The van der Waals surface area contributed by atoms with E-state index in [1.165, 1.54) is 44.4 Å². The first-order valence-corrected chi connectivity index (χ1v) is 15.0. The van der Waals surface area contributed by atoms with Gasteiger partial charge in [-0.1, -0.05) is 6.07 Å². The van der Waals surface area contributed by atoms with Gasteiger partial charge in [-0.25, -0.2) is 23.0 Å². The number of aryl methyl sites for hydroxylation is 1. The summed E-state index contributed by atoms with van der Waals surface area (Å²) in [6, 6.07) is 7.03. The number of benzene rings is 2.